The summed E-state index contributed by atoms with van der Waals surface area (Å²) >= 11 is 0. The van der Waals surface area contributed by atoms with Gasteiger partial charge in [0.2, 0.25) is 0 Å². The van der Waals surface area contributed by atoms with Gasteiger partial charge in [0.05, 0.1) is 6.54 Å². The SMILES string of the molecule is C#CCCCNCc1ccc(-c2ccc(F)cc2)o1. The summed E-state index contributed by atoms with van der Waals surface area (Å²) in [7, 11) is 0. The third-order valence-corrected chi connectivity index (χ3v) is 2.76. The lowest BCUT2D eigenvalue weighted by atomic mass is 10.2. The average Bonchev–Trinajstić information content (AvgIpc) is 2.88. The van der Waals surface area contributed by atoms with E-state index in [9.17, 15) is 4.39 Å². The van der Waals surface area contributed by atoms with E-state index in [-0.39, 0.29) is 5.82 Å². The number of nitrogens with one attached hydrogen (secondary N) is 1. The van der Waals surface area contributed by atoms with E-state index in [2.05, 4.69) is 11.2 Å². The minimum atomic E-state index is -0.245. The molecule has 1 N–H and O–H groups in total. The highest BCUT2D eigenvalue weighted by molar-refractivity contribution is 5.57. The molecule has 2 rings (SSSR count). The number of furan rings is 1. The Morgan fingerprint density at radius 3 is 2.68 bits per heavy atom. The smallest absolute Gasteiger partial charge is 0.134 e. The highest BCUT2D eigenvalue weighted by Crippen LogP contribution is 2.22. The monoisotopic (exact) mass is 257 g/mol. The molecule has 0 aliphatic heterocycles. The van der Waals surface area contributed by atoms with Crippen LogP contribution in [-0.2, 0) is 6.54 Å². The lowest BCUT2D eigenvalue weighted by Gasteiger charge is -2.00. The molecule has 0 aliphatic rings. The van der Waals surface area contributed by atoms with E-state index in [0.29, 0.717) is 6.54 Å². The van der Waals surface area contributed by atoms with E-state index in [1.165, 1.54) is 12.1 Å². The van der Waals surface area contributed by atoms with Crippen molar-refractivity contribution in [3.63, 3.8) is 0 Å². The van der Waals surface area contributed by atoms with Crippen LogP contribution in [0.3, 0.4) is 0 Å². The normalized spacial score (nSPS) is 10.3. The first kappa shape index (κ1) is 13.4. The molecule has 1 aromatic heterocycles. The largest absolute Gasteiger partial charge is 0.460 e. The van der Waals surface area contributed by atoms with Gasteiger partial charge < -0.3 is 9.73 Å². The second kappa shape index (κ2) is 6.77. The first-order valence-corrected chi connectivity index (χ1v) is 6.28. The fourth-order valence-electron chi connectivity index (χ4n) is 1.77. The molecular formula is C16H16FNO. The van der Waals surface area contributed by atoms with E-state index >= 15 is 0 Å². The van der Waals surface area contributed by atoms with E-state index < -0.39 is 0 Å². The van der Waals surface area contributed by atoms with Crippen molar-refractivity contribution in [3.05, 3.63) is 48.0 Å². The fraction of sp³-hybridized carbons (Fsp3) is 0.250. The quantitative estimate of drug-likeness (QED) is 0.632. The van der Waals surface area contributed by atoms with Gasteiger partial charge in [-0.2, -0.15) is 0 Å². The van der Waals surface area contributed by atoms with Gasteiger partial charge in [-0.1, -0.05) is 0 Å². The average molecular weight is 257 g/mol. The van der Waals surface area contributed by atoms with Gasteiger partial charge in [0.15, 0.2) is 0 Å². The Balaban J connectivity index is 1.88. The molecule has 1 heterocycles. The Kier molecular flexibility index (Phi) is 4.77. The number of hydrogen-bond acceptors (Lipinski definition) is 2. The number of hydrogen-bond donors (Lipinski definition) is 1. The Morgan fingerprint density at radius 2 is 1.95 bits per heavy atom. The van der Waals surface area contributed by atoms with Crippen molar-refractivity contribution in [2.45, 2.75) is 19.4 Å². The second-order valence-electron chi connectivity index (χ2n) is 4.26. The van der Waals surface area contributed by atoms with Crippen LogP contribution in [0.25, 0.3) is 11.3 Å². The lowest BCUT2D eigenvalue weighted by Crippen LogP contribution is -2.13. The molecule has 19 heavy (non-hydrogen) atoms. The molecule has 2 aromatic rings. The zero-order valence-electron chi connectivity index (χ0n) is 10.7. The summed E-state index contributed by atoms with van der Waals surface area (Å²) in [6.07, 6.45) is 6.92. The van der Waals surface area contributed by atoms with Crippen LogP contribution in [0, 0.1) is 18.2 Å². The Bertz CT molecular complexity index is 551. The minimum Gasteiger partial charge on any atom is -0.460 e. The zero-order chi connectivity index (χ0) is 13.5. The molecule has 0 spiro atoms. The second-order valence-corrected chi connectivity index (χ2v) is 4.26. The lowest BCUT2D eigenvalue weighted by molar-refractivity contribution is 0.492. The Labute approximate surface area is 112 Å². The van der Waals surface area contributed by atoms with Gasteiger partial charge in [0.25, 0.3) is 0 Å². The number of benzene rings is 1. The summed E-state index contributed by atoms with van der Waals surface area (Å²) in [5, 5.41) is 3.26. The molecule has 0 saturated carbocycles. The number of unbranched alkanes of at least 4 members (excludes halogenated alkanes) is 1. The van der Waals surface area contributed by atoms with Crippen molar-refractivity contribution in [1.29, 1.82) is 0 Å². The zero-order valence-corrected chi connectivity index (χ0v) is 10.7. The Morgan fingerprint density at radius 1 is 1.16 bits per heavy atom. The van der Waals surface area contributed by atoms with Gasteiger partial charge in [-0.25, -0.2) is 4.39 Å². The van der Waals surface area contributed by atoms with Crippen molar-refractivity contribution in [1.82, 2.24) is 5.32 Å². The summed E-state index contributed by atoms with van der Waals surface area (Å²) in [5.74, 6) is 3.97. The first-order chi connectivity index (χ1) is 9.29. The third-order valence-electron chi connectivity index (χ3n) is 2.76. The fourth-order valence-corrected chi connectivity index (χ4v) is 1.77. The van der Waals surface area contributed by atoms with Gasteiger partial charge in [0.1, 0.15) is 17.3 Å². The van der Waals surface area contributed by atoms with Gasteiger partial charge in [-0.15, -0.1) is 12.3 Å². The predicted molar refractivity (Wildman–Crippen MR) is 73.9 cm³/mol. The van der Waals surface area contributed by atoms with Gasteiger partial charge >= 0.3 is 0 Å². The van der Waals surface area contributed by atoms with E-state index in [4.69, 9.17) is 10.8 Å². The number of halogens is 1. The van der Waals surface area contributed by atoms with Crippen LogP contribution in [-0.4, -0.2) is 6.54 Å². The summed E-state index contributed by atoms with van der Waals surface area (Å²) in [6.45, 7) is 1.54. The molecular weight excluding hydrogens is 241 g/mol. The first-order valence-electron chi connectivity index (χ1n) is 6.28. The van der Waals surface area contributed by atoms with Gasteiger partial charge in [-0.3, -0.25) is 0 Å². The van der Waals surface area contributed by atoms with Crippen molar-refractivity contribution < 1.29 is 8.81 Å². The van der Waals surface area contributed by atoms with Crippen LogP contribution in [0.15, 0.2) is 40.8 Å². The maximum Gasteiger partial charge on any atom is 0.134 e. The molecule has 98 valence electrons. The molecule has 0 fully saturated rings. The molecule has 0 unspecified atom stereocenters. The van der Waals surface area contributed by atoms with E-state index in [0.717, 1.165) is 36.5 Å². The van der Waals surface area contributed by atoms with E-state index in [1.807, 2.05) is 12.1 Å². The predicted octanol–water partition coefficient (Wildman–Crippen LogP) is 3.59. The molecule has 0 saturated heterocycles. The number of rotatable bonds is 6. The van der Waals surface area contributed by atoms with Gasteiger partial charge in [-0.05, 0) is 49.4 Å². The van der Waals surface area contributed by atoms with Crippen LogP contribution >= 0.6 is 0 Å². The van der Waals surface area contributed by atoms with Crippen molar-refractivity contribution in [2.75, 3.05) is 6.54 Å². The van der Waals surface area contributed by atoms with Crippen molar-refractivity contribution in [2.24, 2.45) is 0 Å². The van der Waals surface area contributed by atoms with E-state index in [1.54, 1.807) is 12.1 Å². The van der Waals surface area contributed by atoms with Crippen LogP contribution in [0.5, 0.6) is 0 Å². The van der Waals surface area contributed by atoms with Gasteiger partial charge in [0, 0.05) is 12.0 Å². The maximum absolute atomic E-state index is 12.8. The minimum absolute atomic E-state index is 0.245. The van der Waals surface area contributed by atoms with Crippen molar-refractivity contribution >= 4 is 0 Å². The van der Waals surface area contributed by atoms with Crippen LogP contribution in [0.2, 0.25) is 0 Å². The third kappa shape index (κ3) is 3.97. The molecule has 0 aliphatic carbocycles. The summed E-state index contributed by atoms with van der Waals surface area (Å²) in [6, 6.07) is 10.1. The molecule has 0 bridgehead atoms. The molecule has 0 amide bonds. The van der Waals surface area contributed by atoms with Crippen molar-refractivity contribution in [3.8, 4) is 23.7 Å². The van der Waals surface area contributed by atoms with Crippen LogP contribution < -0.4 is 5.32 Å². The molecule has 3 heteroatoms. The molecule has 0 radical (unpaired) electrons. The maximum atomic E-state index is 12.8. The molecule has 0 atom stereocenters. The summed E-state index contributed by atoms with van der Waals surface area (Å²) < 4.78 is 18.5. The Hall–Kier alpha value is -2.05. The number of terminal acetylenes is 1. The standard InChI is InChI=1S/C16H16FNO/c1-2-3-4-11-18-12-15-9-10-16(19-15)13-5-7-14(17)8-6-13/h1,5-10,18H,3-4,11-12H2. The molecule has 2 nitrogen and oxygen atoms in total. The molecule has 1 aromatic carbocycles. The van der Waals surface area contributed by atoms with Crippen LogP contribution in [0.4, 0.5) is 4.39 Å². The van der Waals surface area contributed by atoms with Crippen LogP contribution in [0.1, 0.15) is 18.6 Å². The topological polar surface area (TPSA) is 25.2 Å². The summed E-state index contributed by atoms with van der Waals surface area (Å²) in [4.78, 5) is 0. The summed E-state index contributed by atoms with van der Waals surface area (Å²) in [5.41, 5.74) is 0.875. The highest BCUT2D eigenvalue weighted by Gasteiger charge is 2.04. The highest BCUT2D eigenvalue weighted by atomic mass is 19.1.